The van der Waals surface area contributed by atoms with Crippen LogP contribution in [0.4, 0.5) is 0 Å². The van der Waals surface area contributed by atoms with E-state index < -0.39 is 12.0 Å². The van der Waals surface area contributed by atoms with E-state index in [1.165, 1.54) is 0 Å². The Hall–Kier alpha value is -3.47. The first-order chi connectivity index (χ1) is 13.7. The Bertz CT molecular complexity index is 1040. The van der Waals surface area contributed by atoms with Gasteiger partial charge in [0.05, 0.1) is 18.6 Å². The van der Waals surface area contributed by atoms with Gasteiger partial charge < -0.3 is 18.9 Å². The minimum absolute atomic E-state index is 0.0292. The molecule has 2 aliphatic heterocycles. The third kappa shape index (κ3) is 2.67. The summed E-state index contributed by atoms with van der Waals surface area (Å²) >= 11 is 0. The molecule has 0 aromatic heterocycles. The number of para-hydroxylation sites is 1. The molecule has 5 rings (SSSR count). The number of hydrogen-bond acceptors (Lipinski definition) is 5. The van der Waals surface area contributed by atoms with E-state index in [2.05, 4.69) is 0 Å². The third-order valence-corrected chi connectivity index (χ3v) is 5.19. The predicted molar refractivity (Wildman–Crippen MR) is 102 cm³/mol. The molecule has 2 aliphatic rings. The van der Waals surface area contributed by atoms with E-state index in [1.54, 1.807) is 7.11 Å². The first-order valence-electron chi connectivity index (χ1n) is 9.08. The lowest BCUT2D eigenvalue weighted by Crippen LogP contribution is -2.30. The van der Waals surface area contributed by atoms with E-state index in [4.69, 9.17) is 18.9 Å². The number of carbonyl (C=O) groups is 1. The lowest BCUT2D eigenvalue weighted by atomic mass is 9.81. The van der Waals surface area contributed by atoms with Crippen molar-refractivity contribution in [3.05, 3.63) is 83.4 Å². The molecule has 28 heavy (non-hydrogen) atoms. The summed E-state index contributed by atoms with van der Waals surface area (Å²) in [5.74, 6) is 2.24. The maximum Gasteiger partial charge on any atom is 0.231 e. The Balaban J connectivity index is 1.62. The molecule has 3 aromatic rings. The number of hydrogen-bond donors (Lipinski definition) is 0. The van der Waals surface area contributed by atoms with Gasteiger partial charge in [-0.05, 0) is 47.5 Å². The average molecular weight is 374 g/mol. The highest BCUT2D eigenvalue weighted by molar-refractivity contribution is 6.04. The van der Waals surface area contributed by atoms with Crippen LogP contribution in [-0.2, 0) is 0 Å². The number of ether oxygens (including phenoxy) is 4. The van der Waals surface area contributed by atoms with Crippen molar-refractivity contribution in [1.29, 1.82) is 0 Å². The first-order valence-corrected chi connectivity index (χ1v) is 9.08. The number of ketones is 1. The third-order valence-electron chi connectivity index (χ3n) is 5.19. The molecule has 5 heteroatoms. The van der Waals surface area contributed by atoms with Crippen molar-refractivity contribution in [2.75, 3.05) is 13.9 Å². The van der Waals surface area contributed by atoms with Gasteiger partial charge >= 0.3 is 0 Å². The van der Waals surface area contributed by atoms with Gasteiger partial charge in [-0.25, -0.2) is 0 Å². The molecule has 0 N–H and O–H groups in total. The quantitative estimate of drug-likeness (QED) is 0.674. The van der Waals surface area contributed by atoms with Crippen LogP contribution >= 0.6 is 0 Å². The van der Waals surface area contributed by atoms with Gasteiger partial charge in [-0.3, -0.25) is 4.79 Å². The van der Waals surface area contributed by atoms with Crippen molar-refractivity contribution in [2.24, 2.45) is 0 Å². The van der Waals surface area contributed by atoms with Crippen LogP contribution < -0.4 is 18.9 Å². The molecule has 0 spiro atoms. The Kier molecular flexibility index (Phi) is 3.93. The molecule has 3 aromatic carbocycles. The molecule has 0 saturated heterocycles. The zero-order chi connectivity index (χ0) is 19.1. The number of carbonyl (C=O) groups excluding carboxylic acids is 1. The van der Waals surface area contributed by atoms with Crippen LogP contribution in [0, 0.1) is 0 Å². The van der Waals surface area contributed by atoms with E-state index >= 15 is 0 Å². The molecule has 0 fully saturated rings. The fraction of sp³-hybridized carbons (Fsp3) is 0.174. The summed E-state index contributed by atoms with van der Waals surface area (Å²) < 4.78 is 22.5. The van der Waals surface area contributed by atoms with Gasteiger partial charge in [0.2, 0.25) is 6.79 Å². The molecular weight excluding hydrogens is 356 g/mol. The summed E-state index contributed by atoms with van der Waals surface area (Å²) in [5.41, 5.74) is 2.34. The summed E-state index contributed by atoms with van der Waals surface area (Å²) in [6.45, 7) is 0.193. The van der Waals surface area contributed by atoms with Gasteiger partial charge in [-0.1, -0.05) is 30.3 Å². The van der Waals surface area contributed by atoms with E-state index in [-0.39, 0.29) is 12.6 Å². The predicted octanol–water partition coefficient (Wildman–Crippen LogP) is 4.52. The van der Waals surface area contributed by atoms with E-state index in [0.29, 0.717) is 22.8 Å². The second kappa shape index (κ2) is 6.60. The standard InChI is InChI=1S/C23H18O5/c1-25-16-9-6-14(7-10-16)23-21(15-8-11-19-20(12-15)27-13-26-19)22(24)17-4-2-3-5-18(17)28-23/h2-12,21,23H,13H2,1H3/t21-,23+/m1/s1. The molecular formula is C23H18O5. The number of rotatable bonds is 3. The zero-order valence-electron chi connectivity index (χ0n) is 15.3. The Morgan fingerprint density at radius 3 is 2.43 bits per heavy atom. The summed E-state index contributed by atoms with van der Waals surface area (Å²) in [5, 5.41) is 0. The second-order valence-electron chi connectivity index (χ2n) is 6.76. The number of Topliss-reactive ketones (excluding diaryl/α,β-unsaturated/α-hetero) is 1. The lowest BCUT2D eigenvalue weighted by molar-refractivity contribution is 0.0781. The maximum absolute atomic E-state index is 13.4. The van der Waals surface area contributed by atoms with Gasteiger partial charge in [-0.2, -0.15) is 0 Å². The van der Waals surface area contributed by atoms with Crippen LogP contribution in [0.5, 0.6) is 23.0 Å². The molecule has 0 unspecified atom stereocenters. The topological polar surface area (TPSA) is 54.0 Å². The van der Waals surface area contributed by atoms with E-state index in [9.17, 15) is 4.79 Å². The molecule has 0 amide bonds. The van der Waals surface area contributed by atoms with E-state index in [1.807, 2.05) is 66.7 Å². The number of benzene rings is 3. The largest absolute Gasteiger partial charge is 0.497 e. The number of fused-ring (bicyclic) bond motifs is 2. The number of methoxy groups -OCH3 is 1. The highest BCUT2D eigenvalue weighted by atomic mass is 16.7. The molecule has 0 bridgehead atoms. The van der Waals surface area contributed by atoms with Gasteiger partial charge in [0.25, 0.3) is 0 Å². The summed E-state index contributed by atoms with van der Waals surface area (Å²) in [6, 6.07) is 20.6. The maximum atomic E-state index is 13.4. The van der Waals surface area contributed by atoms with Gasteiger partial charge in [0.1, 0.15) is 17.6 Å². The van der Waals surface area contributed by atoms with Crippen LogP contribution in [0.1, 0.15) is 33.5 Å². The van der Waals surface area contributed by atoms with Crippen LogP contribution in [-0.4, -0.2) is 19.7 Å². The minimum Gasteiger partial charge on any atom is -0.497 e. The van der Waals surface area contributed by atoms with Crippen molar-refractivity contribution >= 4 is 5.78 Å². The molecule has 140 valence electrons. The first kappa shape index (κ1) is 16.7. The summed E-state index contributed by atoms with van der Waals surface area (Å²) in [4.78, 5) is 13.4. The summed E-state index contributed by atoms with van der Waals surface area (Å²) in [7, 11) is 1.63. The van der Waals surface area contributed by atoms with Crippen molar-refractivity contribution < 1.29 is 23.7 Å². The van der Waals surface area contributed by atoms with E-state index in [0.717, 1.165) is 16.9 Å². The highest BCUT2D eigenvalue weighted by Crippen LogP contribution is 2.46. The molecule has 0 saturated carbocycles. The van der Waals surface area contributed by atoms with Crippen LogP contribution in [0.15, 0.2) is 66.7 Å². The normalized spacial score (nSPS) is 19.7. The van der Waals surface area contributed by atoms with Gasteiger partial charge in [0, 0.05) is 0 Å². The Morgan fingerprint density at radius 2 is 1.61 bits per heavy atom. The van der Waals surface area contributed by atoms with Gasteiger partial charge in [-0.15, -0.1) is 0 Å². The molecule has 5 nitrogen and oxygen atoms in total. The molecule has 0 radical (unpaired) electrons. The van der Waals surface area contributed by atoms with Crippen molar-refractivity contribution in [2.45, 2.75) is 12.0 Å². The van der Waals surface area contributed by atoms with Crippen molar-refractivity contribution in [3.8, 4) is 23.0 Å². The fourth-order valence-electron chi connectivity index (χ4n) is 3.77. The second-order valence-corrected chi connectivity index (χ2v) is 6.76. The zero-order valence-corrected chi connectivity index (χ0v) is 15.3. The fourth-order valence-corrected chi connectivity index (χ4v) is 3.77. The lowest BCUT2D eigenvalue weighted by Gasteiger charge is -2.33. The van der Waals surface area contributed by atoms with Crippen molar-refractivity contribution in [1.82, 2.24) is 0 Å². The van der Waals surface area contributed by atoms with Crippen LogP contribution in [0.3, 0.4) is 0 Å². The Labute approximate surface area is 162 Å². The molecule has 2 atom stereocenters. The smallest absolute Gasteiger partial charge is 0.231 e. The van der Waals surface area contributed by atoms with Crippen LogP contribution in [0.2, 0.25) is 0 Å². The van der Waals surface area contributed by atoms with Crippen molar-refractivity contribution in [3.63, 3.8) is 0 Å². The SMILES string of the molecule is COc1ccc([C@@H]2Oc3ccccc3C(=O)[C@H]2c2ccc3c(c2)OCO3)cc1. The minimum atomic E-state index is -0.488. The van der Waals surface area contributed by atoms with Gasteiger partial charge in [0.15, 0.2) is 17.3 Å². The average Bonchev–Trinajstić information content (AvgIpc) is 3.21. The molecule has 0 aliphatic carbocycles. The Morgan fingerprint density at radius 1 is 0.857 bits per heavy atom. The highest BCUT2D eigenvalue weighted by Gasteiger charge is 2.39. The monoisotopic (exact) mass is 374 g/mol. The summed E-state index contributed by atoms with van der Waals surface area (Å²) in [6.07, 6.45) is -0.450. The van der Waals surface area contributed by atoms with Crippen LogP contribution in [0.25, 0.3) is 0 Å². The molecule has 2 heterocycles.